The summed E-state index contributed by atoms with van der Waals surface area (Å²) in [7, 11) is 3.46. The molecule has 2 aromatic rings. The lowest BCUT2D eigenvalue weighted by Gasteiger charge is -2.36. The first-order valence-corrected chi connectivity index (χ1v) is 8.99. The predicted molar refractivity (Wildman–Crippen MR) is 95.5 cm³/mol. The number of methoxy groups -OCH3 is 1. The van der Waals surface area contributed by atoms with Gasteiger partial charge in [-0.3, -0.25) is 9.69 Å². The van der Waals surface area contributed by atoms with Crippen molar-refractivity contribution >= 4 is 17.4 Å². The number of hydrogen-bond donors (Lipinski definition) is 0. The molecule has 1 fully saturated rings. The molecule has 0 radical (unpaired) electrons. The quantitative estimate of drug-likeness (QED) is 0.836. The summed E-state index contributed by atoms with van der Waals surface area (Å²) in [5.74, 6) is 0.548. The SMILES string of the molecule is COc1cc(C(=O)N(C)C2CCN(Cc3ccccc3)CC2)sn1. The second kappa shape index (κ2) is 7.77. The predicted octanol–water partition coefficient (Wildman–Crippen LogP) is 2.89. The Hall–Kier alpha value is -1.92. The average Bonchev–Trinajstić information content (AvgIpc) is 3.11. The molecule has 0 saturated carbocycles. The van der Waals surface area contributed by atoms with Crippen LogP contribution in [-0.4, -0.2) is 53.4 Å². The van der Waals surface area contributed by atoms with Gasteiger partial charge in [0.05, 0.1) is 7.11 Å². The Morgan fingerprint density at radius 3 is 2.67 bits per heavy atom. The summed E-state index contributed by atoms with van der Waals surface area (Å²) in [6, 6.07) is 12.5. The third-order valence-corrected chi connectivity index (χ3v) is 5.34. The Labute approximate surface area is 147 Å². The van der Waals surface area contributed by atoms with E-state index in [1.165, 1.54) is 17.1 Å². The highest BCUT2D eigenvalue weighted by molar-refractivity contribution is 7.08. The average molecular weight is 345 g/mol. The Morgan fingerprint density at radius 2 is 2.04 bits per heavy atom. The van der Waals surface area contributed by atoms with Crippen LogP contribution in [0.15, 0.2) is 36.4 Å². The van der Waals surface area contributed by atoms with Crippen molar-refractivity contribution in [2.24, 2.45) is 0 Å². The van der Waals surface area contributed by atoms with Crippen molar-refractivity contribution in [1.29, 1.82) is 0 Å². The first-order valence-electron chi connectivity index (χ1n) is 8.21. The smallest absolute Gasteiger partial charge is 0.265 e. The minimum Gasteiger partial charge on any atom is -0.480 e. The minimum absolute atomic E-state index is 0.0392. The van der Waals surface area contributed by atoms with Gasteiger partial charge in [-0.1, -0.05) is 30.3 Å². The van der Waals surface area contributed by atoms with Crippen molar-refractivity contribution in [3.8, 4) is 5.88 Å². The maximum atomic E-state index is 12.6. The molecule has 1 aliphatic rings. The van der Waals surface area contributed by atoms with Crippen LogP contribution in [0.4, 0.5) is 0 Å². The second-order valence-corrected chi connectivity index (χ2v) is 6.95. The molecule has 128 valence electrons. The fourth-order valence-corrected chi connectivity index (χ4v) is 3.79. The van der Waals surface area contributed by atoms with Crippen molar-refractivity contribution < 1.29 is 9.53 Å². The number of hydrogen-bond acceptors (Lipinski definition) is 5. The zero-order chi connectivity index (χ0) is 16.9. The molecule has 1 aliphatic heterocycles. The zero-order valence-electron chi connectivity index (χ0n) is 14.1. The highest BCUT2D eigenvalue weighted by Crippen LogP contribution is 2.22. The maximum absolute atomic E-state index is 12.6. The lowest BCUT2D eigenvalue weighted by molar-refractivity contribution is 0.0641. The van der Waals surface area contributed by atoms with Gasteiger partial charge in [0.1, 0.15) is 4.88 Å². The van der Waals surface area contributed by atoms with E-state index in [9.17, 15) is 4.79 Å². The van der Waals surface area contributed by atoms with Gasteiger partial charge in [0.2, 0.25) is 5.88 Å². The van der Waals surface area contributed by atoms with Gasteiger partial charge in [0.25, 0.3) is 5.91 Å². The molecule has 1 aromatic carbocycles. The van der Waals surface area contributed by atoms with Crippen LogP contribution in [0.5, 0.6) is 5.88 Å². The molecule has 6 heteroatoms. The lowest BCUT2D eigenvalue weighted by atomic mass is 10.0. The Kier molecular flexibility index (Phi) is 5.48. The molecule has 0 spiro atoms. The first kappa shape index (κ1) is 16.9. The van der Waals surface area contributed by atoms with Crippen LogP contribution in [0.25, 0.3) is 0 Å². The van der Waals surface area contributed by atoms with Crippen molar-refractivity contribution in [2.75, 3.05) is 27.2 Å². The van der Waals surface area contributed by atoms with Crippen molar-refractivity contribution in [1.82, 2.24) is 14.2 Å². The van der Waals surface area contributed by atoms with Gasteiger partial charge < -0.3 is 9.64 Å². The van der Waals surface area contributed by atoms with Crippen molar-refractivity contribution in [3.05, 3.63) is 46.8 Å². The van der Waals surface area contributed by atoms with Gasteiger partial charge in [0.15, 0.2) is 0 Å². The summed E-state index contributed by atoms with van der Waals surface area (Å²) < 4.78 is 9.17. The summed E-state index contributed by atoms with van der Waals surface area (Å²) in [6.45, 7) is 3.02. The number of nitrogens with zero attached hydrogens (tertiary/aromatic N) is 3. The van der Waals surface area contributed by atoms with Gasteiger partial charge in [-0.2, -0.15) is 4.37 Å². The molecule has 0 aliphatic carbocycles. The molecule has 24 heavy (non-hydrogen) atoms. The molecule has 0 atom stereocenters. The van der Waals surface area contributed by atoms with Crippen LogP contribution in [-0.2, 0) is 6.54 Å². The van der Waals surface area contributed by atoms with Crippen LogP contribution < -0.4 is 4.74 Å². The highest BCUT2D eigenvalue weighted by Gasteiger charge is 2.27. The standard InChI is InChI=1S/C18H23N3O2S/c1-20(18(22)16-12-17(23-2)19-24-16)15-8-10-21(11-9-15)13-14-6-4-3-5-7-14/h3-7,12,15H,8-11,13H2,1-2H3. The number of carbonyl (C=O) groups excluding carboxylic acids is 1. The van der Waals surface area contributed by atoms with Crippen LogP contribution in [0, 0.1) is 0 Å². The number of piperidine rings is 1. The number of likely N-dealkylation sites (tertiary alicyclic amines) is 1. The molecular formula is C18H23N3O2S. The van der Waals surface area contributed by atoms with Gasteiger partial charge in [0, 0.05) is 38.8 Å². The Bertz CT molecular complexity index is 666. The summed E-state index contributed by atoms with van der Waals surface area (Å²) in [5, 5.41) is 0. The van der Waals surface area contributed by atoms with Gasteiger partial charge >= 0.3 is 0 Å². The van der Waals surface area contributed by atoms with Crippen LogP contribution in [0.1, 0.15) is 28.1 Å². The van der Waals surface area contributed by atoms with Crippen molar-refractivity contribution in [2.45, 2.75) is 25.4 Å². The fourth-order valence-electron chi connectivity index (χ4n) is 3.10. The maximum Gasteiger partial charge on any atom is 0.265 e. The third kappa shape index (κ3) is 3.94. The molecule has 3 rings (SSSR count). The Morgan fingerprint density at radius 1 is 1.33 bits per heavy atom. The van der Waals surface area contributed by atoms with E-state index >= 15 is 0 Å². The largest absolute Gasteiger partial charge is 0.480 e. The molecule has 1 aromatic heterocycles. The number of benzene rings is 1. The molecule has 1 saturated heterocycles. The van der Waals surface area contributed by atoms with E-state index in [-0.39, 0.29) is 11.9 Å². The van der Waals surface area contributed by atoms with E-state index < -0.39 is 0 Å². The van der Waals surface area contributed by atoms with Crippen LogP contribution in [0.2, 0.25) is 0 Å². The Balaban J connectivity index is 1.53. The van der Waals surface area contributed by atoms with Crippen LogP contribution >= 0.6 is 11.5 Å². The zero-order valence-corrected chi connectivity index (χ0v) is 15.0. The number of aromatic nitrogens is 1. The fraction of sp³-hybridized carbons (Fsp3) is 0.444. The van der Waals surface area contributed by atoms with Crippen LogP contribution in [0.3, 0.4) is 0 Å². The molecule has 0 bridgehead atoms. The van der Waals surface area contributed by atoms with Gasteiger partial charge in [-0.15, -0.1) is 0 Å². The third-order valence-electron chi connectivity index (χ3n) is 4.58. The molecular weight excluding hydrogens is 322 g/mol. The monoisotopic (exact) mass is 345 g/mol. The van der Waals surface area contributed by atoms with E-state index in [1.807, 2.05) is 18.0 Å². The summed E-state index contributed by atoms with van der Waals surface area (Å²) >= 11 is 1.20. The van der Waals surface area contributed by atoms with E-state index in [4.69, 9.17) is 4.74 Å². The number of amides is 1. The lowest BCUT2D eigenvalue weighted by Crippen LogP contribution is -2.45. The topological polar surface area (TPSA) is 45.7 Å². The van der Waals surface area contributed by atoms with E-state index in [2.05, 4.69) is 33.5 Å². The number of rotatable bonds is 5. The number of ether oxygens (including phenoxy) is 1. The first-order chi connectivity index (χ1) is 11.7. The van der Waals surface area contributed by atoms with Gasteiger partial charge in [-0.05, 0) is 29.9 Å². The van der Waals surface area contributed by atoms with Gasteiger partial charge in [-0.25, -0.2) is 0 Å². The minimum atomic E-state index is 0.0392. The molecule has 1 amide bonds. The highest BCUT2D eigenvalue weighted by atomic mass is 32.1. The van der Waals surface area contributed by atoms with E-state index in [0.717, 1.165) is 32.5 Å². The molecule has 0 N–H and O–H groups in total. The normalized spacial score (nSPS) is 16.1. The van der Waals surface area contributed by atoms with E-state index in [1.54, 1.807) is 13.2 Å². The molecule has 2 heterocycles. The summed E-state index contributed by atoms with van der Waals surface area (Å²) in [6.07, 6.45) is 2.01. The second-order valence-electron chi connectivity index (χ2n) is 6.14. The van der Waals surface area contributed by atoms with E-state index in [0.29, 0.717) is 10.8 Å². The molecule has 0 unspecified atom stereocenters. The molecule has 5 nitrogen and oxygen atoms in total. The summed E-state index contributed by atoms with van der Waals surface area (Å²) in [4.78, 5) is 17.5. The summed E-state index contributed by atoms with van der Waals surface area (Å²) in [5.41, 5.74) is 1.34. The number of carbonyl (C=O) groups is 1. The van der Waals surface area contributed by atoms with Crippen molar-refractivity contribution in [3.63, 3.8) is 0 Å².